The summed E-state index contributed by atoms with van der Waals surface area (Å²) in [6, 6.07) is 8.32. The van der Waals surface area contributed by atoms with Gasteiger partial charge in [-0.3, -0.25) is 13.9 Å². The van der Waals surface area contributed by atoms with Crippen LogP contribution in [-0.2, 0) is 20.1 Å². The summed E-state index contributed by atoms with van der Waals surface area (Å²) in [5.74, 6) is 1.23. The van der Waals surface area contributed by atoms with Crippen LogP contribution in [0.3, 0.4) is 0 Å². The molecule has 0 aliphatic carbocycles. The van der Waals surface area contributed by atoms with Crippen LogP contribution in [0, 0.1) is 12.8 Å². The van der Waals surface area contributed by atoms with Crippen molar-refractivity contribution < 1.29 is 4.57 Å². The first-order valence-electron chi connectivity index (χ1n) is 9.02. The van der Waals surface area contributed by atoms with Crippen molar-refractivity contribution in [3.8, 4) is 0 Å². The van der Waals surface area contributed by atoms with E-state index in [0.717, 1.165) is 24.7 Å². The predicted molar refractivity (Wildman–Crippen MR) is 101 cm³/mol. The van der Waals surface area contributed by atoms with Crippen LogP contribution in [0.4, 0.5) is 11.6 Å². The smallest absolute Gasteiger partial charge is 0.267 e. The number of rotatable bonds is 2. The van der Waals surface area contributed by atoms with Crippen molar-refractivity contribution >= 4 is 22.8 Å². The number of benzene rings is 1. The number of nitrogens with zero attached hydrogens (tertiary/aromatic N) is 4. The molecule has 1 atom stereocenters. The third kappa shape index (κ3) is 2.30. The summed E-state index contributed by atoms with van der Waals surface area (Å²) in [5, 5.41) is 0. The molecule has 7 heteroatoms. The van der Waals surface area contributed by atoms with Gasteiger partial charge in [0.25, 0.3) is 5.56 Å². The molecule has 2 aromatic heterocycles. The van der Waals surface area contributed by atoms with Crippen LogP contribution >= 0.6 is 0 Å². The van der Waals surface area contributed by atoms with Gasteiger partial charge in [-0.2, -0.15) is 0 Å². The minimum absolute atomic E-state index is 0.230. The van der Waals surface area contributed by atoms with Gasteiger partial charge in [-0.1, -0.05) is 19.1 Å². The molecule has 1 aliphatic heterocycles. The topological polar surface area (TPSA) is 66.9 Å². The van der Waals surface area contributed by atoms with Gasteiger partial charge in [0, 0.05) is 19.5 Å². The number of aryl methyl sites for hydroxylation is 2. The Balaban J connectivity index is 2.05. The van der Waals surface area contributed by atoms with Crippen molar-refractivity contribution in [1.82, 2.24) is 14.1 Å². The molecule has 1 N–H and O–H groups in total. The van der Waals surface area contributed by atoms with Crippen molar-refractivity contribution in [3.63, 3.8) is 0 Å². The van der Waals surface area contributed by atoms with Crippen molar-refractivity contribution in [2.24, 2.45) is 13.0 Å². The van der Waals surface area contributed by atoms with E-state index in [0.29, 0.717) is 23.6 Å². The highest BCUT2D eigenvalue weighted by Crippen LogP contribution is 2.28. The molecule has 26 heavy (non-hydrogen) atoms. The van der Waals surface area contributed by atoms with Crippen LogP contribution in [0.25, 0.3) is 11.2 Å². The monoisotopic (exact) mass is 354 g/mol. The number of fused-ring (bicyclic) bond motifs is 3. The molecule has 0 spiro atoms. The van der Waals surface area contributed by atoms with Crippen LogP contribution in [0.15, 0.2) is 33.9 Å². The highest BCUT2D eigenvalue weighted by molar-refractivity contribution is 5.70. The van der Waals surface area contributed by atoms with E-state index in [9.17, 15) is 9.59 Å². The Kier molecular flexibility index (Phi) is 3.75. The van der Waals surface area contributed by atoms with E-state index in [1.165, 1.54) is 14.7 Å². The van der Waals surface area contributed by atoms with Crippen LogP contribution in [0.1, 0.15) is 19.4 Å². The van der Waals surface area contributed by atoms with Gasteiger partial charge < -0.3 is 0 Å². The molecular formula is C19H24N5O2+. The molecule has 0 bridgehead atoms. The molecule has 136 valence electrons. The molecule has 1 aromatic carbocycles. The van der Waals surface area contributed by atoms with Gasteiger partial charge >= 0.3 is 11.6 Å². The summed E-state index contributed by atoms with van der Waals surface area (Å²) in [5.41, 5.74) is 2.88. The summed E-state index contributed by atoms with van der Waals surface area (Å²) >= 11 is 0. The minimum atomic E-state index is -0.292. The maximum absolute atomic E-state index is 13.0. The number of H-pyrrole nitrogens is 1. The molecule has 3 heterocycles. The number of hydrogen-bond donors (Lipinski definition) is 1. The lowest BCUT2D eigenvalue weighted by Crippen LogP contribution is -2.52. The number of nitrogens with one attached hydrogen (secondary N) is 1. The average molecular weight is 354 g/mol. The zero-order valence-corrected chi connectivity index (χ0v) is 15.6. The third-order valence-electron chi connectivity index (χ3n) is 5.15. The summed E-state index contributed by atoms with van der Waals surface area (Å²) in [7, 11) is 1.71. The van der Waals surface area contributed by atoms with Gasteiger partial charge in [0.1, 0.15) is 5.69 Å². The Morgan fingerprint density at radius 3 is 2.77 bits per heavy atom. The lowest BCUT2D eigenvalue weighted by Gasteiger charge is -2.26. The first-order chi connectivity index (χ1) is 12.4. The van der Waals surface area contributed by atoms with Gasteiger partial charge in [-0.15, -0.1) is 0 Å². The lowest BCUT2D eigenvalue weighted by molar-refractivity contribution is -0.669. The molecule has 4 rings (SSSR count). The largest absolute Gasteiger partial charge is 0.364 e. The standard InChI is InChI=1S/C19H23N5O2/c1-5-22-17(25)15-16(21(4)19(22)26)20-18-23(10-13(3)11-24(15)18)14-8-6-7-12(2)9-14/h6-9,13H,5,10-11H2,1-4H3/p+1/t13-/m1/s1. The summed E-state index contributed by atoms with van der Waals surface area (Å²) in [6.45, 7) is 8.03. The molecule has 0 saturated heterocycles. The summed E-state index contributed by atoms with van der Waals surface area (Å²) in [6.07, 6.45) is 0. The average Bonchev–Trinajstić information content (AvgIpc) is 2.99. The Morgan fingerprint density at radius 2 is 2.08 bits per heavy atom. The van der Waals surface area contributed by atoms with Gasteiger partial charge in [0.05, 0.1) is 13.1 Å². The van der Waals surface area contributed by atoms with Gasteiger partial charge in [-0.25, -0.2) is 19.2 Å². The van der Waals surface area contributed by atoms with Gasteiger partial charge in [-0.05, 0) is 31.5 Å². The van der Waals surface area contributed by atoms with E-state index in [1.54, 1.807) is 7.05 Å². The van der Waals surface area contributed by atoms with Crippen LogP contribution in [-0.4, -0.2) is 20.7 Å². The Morgan fingerprint density at radius 1 is 1.31 bits per heavy atom. The highest BCUT2D eigenvalue weighted by Gasteiger charge is 2.35. The zero-order valence-electron chi connectivity index (χ0n) is 15.6. The molecule has 0 saturated carbocycles. The van der Waals surface area contributed by atoms with E-state index in [1.807, 2.05) is 17.6 Å². The molecule has 0 radical (unpaired) electrons. The molecule has 1 aliphatic rings. The third-order valence-corrected chi connectivity index (χ3v) is 5.15. The van der Waals surface area contributed by atoms with Gasteiger partial charge in [0.2, 0.25) is 11.2 Å². The van der Waals surface area contributed by atoms with Crippen LogP contribution < -0.4 is 20.7 Å². The second-order valence-electron chi connectivity index (χ2n) is 7.20. The SMILES string of the molecule is CCn1c(=O)c2c([nH]c3[n+]2C[C@H](C)CN3c2cccc(C)c2)n(C)c1=O. The van der Waals surface area contributed by atoms with E-state index < -0.39 is 0 Å². The lowest BCUT2D eigenvalue weighted by atomic mass is 10.1. The number of hydrogen-bond acceptors (Lipinski definition) is 3. The maximum Gasteiger partial charge on any atom is 0.364 e. The zero-order chi connectivity index (χ0) is 18.6. The first kappa shape index (κ1) is 16.6. The second kappa shape index (κ2) is 5.86. The Labute approximate surface area is 151 Å². The maximum atomic E-state index is 13.0. The summed E-state index contributed by atoms with van der Waals surface area (Å²) < 4.78 is 4.85. The molecule has 0 fully saturated rings. The normalized spacial score (nSPS) is 16.9. The van der Waals surface area contributed by atoms with Crippen molar-refractivity contribution in [3.05, 3.63) is 50.7 Å². The minimum Gasteiger partial charge on any atom is -0.267 e. The van der Waals surface area contributed by atoms with E-state index in [4.69, 9.17) is 0 Å². The molecular weight excluding hydrogens is 330 g/mol. The quantitative estimate of drug-likeness (QED) is 0.708. The predicted octanol–water partition coefficient (Wildman–Crippen LogP) is 1.43. The highest BCUT2D eigenvalue weighted by atomic mass is 16.2. The number of aromatic nitrogens is 4. The Hall–Kier alpha value is -2.83. The van der Waals surface area contributed by atoms with Gasteiger partial charge in [0.15, 0.2) is 0 Å². The van der Waals surface area contributed by atoms with E-state index in [2.05, 4.69) is 41.9 Å². The second-order valence-corrected chi connectivity index (χ2v) is 7.20. The Bertz CT molecular complexity index is 1120. The number of imidazole rings is 1. The molecule has 0 amide bonds. The van der Waals surface area contributed by atoms with E-state index in [-0.39, 0.29) is 11.2 Å². The molecule has 3 aromatic rings. The number of anilines is 2. The summed E-state index contributed by atoms with van der Waals surface area (Å²) in [4.78, 5) is 31.0. The fourth-order valence-electron chi connectivity index (χ4n) is 3.88. The fourth-order valence-corrected chi connectivity index (χ4v) is 3.88. The first-order valence-corrected chi connectivity index (χ1v) is 9.02. The van der Waals surface area contributed by atoms with Crippen LogP contribution in [0.5, 0.6) is 0 Å². The fraction of sp³-hybridized carbons (Fsp3) is 0.421. The van der Waals surface area contributed by atoms with Crippen molar-refractivity contribution in [2.45, 2.75) is 33.9 Å². The van der Waals surface area contributed by atoms with E-state index >= 15 is 0 Å². The van der Waals surface area contributed by atoms with Crippen molar-refractivity contribution in [2.75, 3.05) is 11.4 Å². The van der Waals surface area contributed by atoms with Crippen LogP contribution in [0.2, 0.25) is 0 Å². The molecule has 0 unspecified atom stereocenters. The number of aromatic amines is 1. The molecule has 7 nitrogen and oxygen atoms in total. The van der Waals surface area contributed by atoms with Crippen molar-refractivity contribution in [1.29, 1.82) is 0 Å².